The van der Waals surface area contributed by atoms with Crippen LogP contribution >= 0.6 is 15.9 Å². The van der Waals surface area contributed by atoms with E-state index in [-0.39, 0.29) is 41.0 Å². The van der Waals surface area contributed by atoms with E-state index >= 15 is 0 Å². The molecular formula is C29H34BrFN4O6. The number of halogens is 2. The van der Waals surface area contributed by atoms with Gasteiger partial charge in [-0.05, 0) is 76.1 Å². The van der Waals surface area contributed by atoms with E-state index in [1.807, 2.05) is 24.3 Å². The molecule has 1 aromatic heterocycles. The Morgan fingerprint density at radius 1 is 1.12 bits per heavy atom. The minimum Gasteiger partial charge on any atom is -0.444 e. The lowest BCUT2D eigenvalue weighted by Gasteiger charge is -2.29. The zero-order valence-corrected chi connectivity index (χ0v) is 24.7. The average Bonchev–Trinajstić information content (AvgIpc) is 3.28. The van der Waals surface area contributed by atoms with Gasteiger partial charge in [0.15, 0.2) is 11.4 Å². The number of oxazole rings is 1. The zero-order valence-electron chi connectivity index (χ0n) is 23.1. The normalized spacial score (nSPS) is 18.0. The summed E-state index contributed by atoms with van der Waals surface area (Å²) in [6.07, 6.45) is 2.49. The molecule has 2 aromatic carbocycles. The van der Waals surface area contributed by atoms with Crippen LogP contribution in [0.4, 0.5) is 14.9 Å². The number of hydrogen-bond acceptors (Lipinski definition) is 6. The number of carbonyl (C=O) groups excluding carboxylic acids is 3. The minimum absolute atomic E-state index is 0.108. The molecule has 1 unspecified atom stereocenters. The molecule has 10 nitrogen and oxygen atoms in total. The van der Waals surface area contributed by atoms with Crippen LogP contribution in [-0.4, -0.2) is 41.1 Å². The maximum Gasteiger partial charge on any atom is 0.417 e. The number of alkyl carbamates (subject to hydrolysis) is 1. The highest BCUT2D eigenvalue weighted by Crippen LogP contribution is 2.29. The third-order valence-corrected chi connectivity index (χ3v) is 7.41. The molecule has 1 aliphatic rings. The highest BCUT2D eigenvalue weighted by Gasteiger charge is 2.30. The number of fused-ring (bicyclic) bond motifs is 1. The van der Waals surface area contributed by atoms with Gasteiger partial charge >= 0.3 is 11.8 Å². The van der Waals surface area contributed by atoms with Crippen molar-refractivity contribution < 1.29 is 27.9 Å². The van der Waals surface area contributed by atoms with Crippen molar-refractivity contribution in [3.8, 4) is 0 Å². The highest BCUT2D eigenvalue weighted by atomic mass is 79.9. The SMILES string of the molecule is CC(C)(C)OC(=O)NCC1CCC(C(=O)NC(Cc2ccc(Br)cc2)C(=O)Nc2cc(F)c3oc(=O)[nH]c3c2)CC1. The molecule has 1 heterocycles. The number of H-pyrrole nitrogens is 1. The lowest BCUT2D eigenvalue weighted by atomic mass is 9.81. The molecule has 1 aliphatic carbocycles. The van der Waals surface area contributed by atoms with E-state index in [1.165, 1.54) is 6.07 Å². The monoisotopic (exact) mass is 632 g/mol. The standard InChI is InChI=1S/C29H34BrFN4O6/c1-29(2,3)41-27(38)32-15-17-4-8-18(9-5-17)25(36)34-23(12-16-6-10-19(30)11-7-16)26(37)33-20-13-21(31)24-22(14-20)35-28(39)40-24/h6-7,10-11,13-14,17-18,23H,4-5,8-9,12,15H2,1-3H3,(H,32,38)(H,33,37)(H,34,36)(H,35,39). The average molecular weight is 634 g/mol. The molecule has 12 heteroatoms. The molecule has 1 saturated carbocycles. The van der Waals surface area contributed by atoms with Crippen LogP contribution in [0.15, 0.2) is 50.1 Å². The summed E-state index contributed by atoms with van der Waals surface area (Å²) in [5.74, 6) is -2.42. The second-order valence-corrected chi connectivity index (χ2v) is 12.2. The molecular weight excluding hydrogens is 599 g/mol. The number of amides is 3. The van der Waals surface area contributed by atoms with Crippen LogP contribution in [0.2, 0.25) is 0 Å². The molecule has 0 bridgehead atoms. The minimum atomic E-state index is -0.933. The van der Waals surface area contributed by atoms with Gasteiger partial charge in [-0.1, -0.05) is 28.1 Å². The van der Waals surface area contributed by atoms with E-state index < -0.39 is 35.2 Å². The first-order valence-electron chi connectivity index (χ1n) is 13.5. The summed E-state index contributed by atoms with van der Waals surface area (Å²) in [4.78, 5) is 52.4. The van der Waals surface area contributed by atoms with Crippen molar-refractivity contribution >= 4 is 50.6 Å². The lowest BCUT2D eigenvalue weighted by Crippen LogP contribution is -2.48. The number of carbonyl (C=O) groups is 3. The van der Waals surface area contributed by atoms with Crippen molar-refractivity contribution in [1.29, 1.82) is 0 Å². The van der Waals surface area contributed by atoms with Gasteiger partial charge in [0.1, 0.15) is 11.6 Å². The number of aromatic amines is 1. The van der Waals surface area contributed by atoms with Gasteiger partial charge in [-0.3, -0.25) is 14.6 Å². The van der Waals surface area contributed by atoms with E-state index in [9.17, 15) is 23.6 Å². The summed E-state index contributed by atoms with van der Waals surface area (Å²) in [5.41, 5.74) is 0.246. The third-order valence-electron chi connectivity index (χ3n) is 6.88. The predicted octanol–water partition coefficient (Wildman–Crippen LogP) is 5.02. The summed E-state index contributed by atoms with van der Waals surface area (Å²) in [7, 11) is 0. The maximum atomic E-state index is 14.4. The molecule has 41 heavy (non-hydrogen) atoms. The molecule has 220 valence electrons. The van der Waals surface area contributed by atoms with Crippen LogP contribution in [0.25, 0.3) is 11.1 Å². The van der Waals surface area contributed by atoms with E-state index in [0.29, 0.717) is 19.4 Å². The second kappa shape index (κ2) is 12.9. The van der Waals surface area contributed by atoms with Crippen molar-refractivity contribution in [3.05, 3.63) is 62.8 Å². The zero-order chi connectivity index (χ0) is 29.7. The maximum absolute atomic E-state index is 14.4. The Morgan fingerprint density at radius 3 is 2.46 bits per heavy atom. The van der Waals surface area contributed by atoms with Crippen molar-refractivity contribution in [2.75, 3.05) is 11.9 Å². The van der Waals surface area contributed by atoms with Gasteiger partial charge in [-0.25, -0.2) is 14.0 Å². The number of benzene rings is 2. The fourth-order valence-corrected chi connectivity index (χ4v) is 5.11. The molecule has 1 fully saturated rings. The number of anilines is 1. The lowest BCUT2D eigenvalue weighted by molar-refractivity contribution is -0.130. The third kappa shape index (κ3) is 8.66. The summed E-state index contributed by atoms with van der Waals surface area (Å²) in [6, 6.07) is 8.91. The van der Waals surface area contributed by atoms with Crippen molar-refractivity contribution in [2.24, 2.45) is 11.8 Å². The summed E-state index contributed by atoms with van der Waals surface area (Å²) >= 11 is 3.39. The molecule has 3 amide bonds. The molecule has 0 spiro atoms. The Labute approximate surface area is 244 Å². The van der Waals surface area contributed by atoms with Gasteiger partial charge in [0, 0.05) is 35.1 Å². The first-order chi connectivity index (χ1) is 19.4. The largest absolute Gasteiger partial charge is 0.444 e. The van der Waals surface area contributed by atoms with E-state index in [2.05, 4.69) is 36.9 Å². The van der Waals surface area contributed by atoms with E-state index in [1.54, 1.807) is 20.8 Å². The van der Waals surface area contributed by atoms with Gasteiger partial charge in [-0.2, -0.15) is 0 Å². The van der Waals surface area contributed by atoms with Crippen molar-refractivity contribution in [2.45, 2.75) is 64.5 Å². The van der Waals surface area contributed by atoms with Gasteiger partial charge in [0.05, 0.1) is 5.52 Å². The number of rotatable bonds is 8. The van der Waals surface area contributed by atoms with Crippen LogP contribution in [0.5, 0.6) is 0 Å². The Kier molecular flexibility index (Phi) is 9.52. The Morgan fingerprint density at radius 2 is 1.80 bits per heavy atom. The Balaban J connectivity index is 1.39. The van der Waals surface area contributed by atoms with Crippen molar-refractivity contribution in [3.63, 3.8) is 0 Å². The fourth-order valence-electron chi connectivity index (χ4n) is 4.85. The molecule has 4 N–H and O–H groups in total. The molecule has 4 rings (SSSR count). The molecule has 0 radical (unpaired) electrons. The number of nitrogens with one attached hydrogen (secondary N) is 4. The van der Waals surface area contributed by atoms with Crippen LogP contribution < -0.4 is 21.7 Å². The van der Waals surface area contributed by atoms with Crippen LogP contribution in [0.1, 0.15) is 52.0 Å². The Hall–Kier alpha value is -3.67. The number of ether oxygens (including phenoxy) is 1. The first-order valence-corrected chi connectivity index (χ1v) is 14.3. The van der Waals surface area contributed by atoms with Gasteiger partial charge in [-0.15, -0.1) is 0 Å². The smallest absolute Gasteiger partial charge is 0.417 e. The second-order valence-electron chi connectivity index (χ2n) is 11.3. The molecule has 3 aromatic rings. The van der Waals surface area contributed by atoms with Gasteiger partial charge in [0.25, 0.3) is 0 Å². The molecule has 1 atom stereocenters. The van der Waals surface area contributed by atoms with Crippen LogP contribution in [0.3, 0.4) is 0 Å². The number of aromatic nitrogens is 1. The topological polar surface area (TPSA) is 143 Å². The summed E-state index contributed by atoms with van der Waals surface area (Å²) in [5, 5.41) is 8.35. The highest BCUT2D eigenvalue weighted by molar-refractivity contribution is 9.10. The number of hydrogen-bond donors (Lipinski definition) is 4. The summed E-state index contributed by atoms with van der Waals surface area (Å²) < 4.78 is 25.4. The molecule has 0 saturated heterocycles. The van der Waals surface area contributed by atoms with Crippen LogP contribution in [0, 0.1) is 17.7 Å². The van der Waals surface area contributed by atoms with E-state index in [0.717, 1.165) is 28.9 Å². The quantitative estimate of drug-likeness (QED) is 0.275. The predicted molar refractivity (Wildman–Crippen MR) is 155 cm³/mol. The Bertz CT molecular complexity index is 1450. The summed E-state index contributed by atoms with van der Waals surface area (Å²) in [6.45, 7) is 5.89. The van der Waals surface area contributed by atoms with Crippen LogP contribution in [-0.2, 0) is 20.7 Å². The van der Waals surface area contributed by atoms with Gasteiger partial charge < -0.3 is 25.1 Å². The van der Waals surface area contributed by atoms with Crippen molar-refractivity contribution in [1.82, 2.24) is 15.6 Å². The fraction of sp³-hybridized carbons (Fsp3) is 0.448. The first kappa shape index (κ1) is 30.3. The van der Waals surface area contributed by atoms with E-state index in [4.69, 9.17) is 9.15 Å². The van der Waals surface area contributed by atoms with Gasteiger partial charge in [0.2, 0.25) is 11.8 Å². The molecule has 0 aliphatic heterocycles.